The average Bonchev–Trinajstić information content (AvgIpc) is 3.23. The summed E-state index contributed by atoms with van der Waals surface area (Å²) in [5.41, 5.74) is 2.35. The molecule has 3 rings (SSSR count). The first-order valence-electron chi connectivity index (χ1n) is 8.23. The highest BCUT2D eigenvalue weighted by Gasteiger charge is 2.26. The molecule has 0 fully saturated rings. The summed E-state index contributed by atoms with van der Waals surface area (Å²) in [5.74, 6) is 1.52. The fourth-order valence-electron chi connectivity index (χ4n) is 3.18. The molecule has 0 radical (unpaired) electrons. The number of amides is 1. The van der Waals surface area contributed by atoms with Gasteiger partial charge < -0.3 is 14.8 Å². The third-order valence-corrected chi connectivity index (χ3v) is 4.41. The number of fused-ring (bicyclic) bond motifs is 1. The zero-order valence-corrected chi connectivity index (χ0v) is 14.1. The number of methoxy groups -OCH3 is 2. The third-order valence-electron chi connectivity index (χ3n) is 4.41. The van der Waals surface area contributed by atoms with Crippen LogP contribution in [0.25, 0.3) is 0 Å². The maximum absolute atomic E-state index is 12.2. The second-order valence-corrected chi connectivity index (χ2v) is 5.94. The highest BCUT2D eigenvalue weighted by Crippen LogP contribution is 2.39. The Morgan fingerprint density at radius 1 is 1.33 bits per heavy atom. The predicted octanol–water partition coefficient (Wildman–Crippen LogP) is 2.48. The maximum Gasteiger partial charge on any atom is 0.220 e. The Balaban J connectivity index is 1.58. The van der Waals surface area contributed by atoms with Crippen molar-refractivity contribution in [2.45, 2.75) is 38.3 Å². The van der Waals surface area contributed by atoms with Crippen molar-refractivity contribution < 1.29 is 14.3 Å². The van der Waals surface area contributed by atoms with E-state index >= 15 is 0 Å². The van der Waals surface area contributed by atoms with Gasteiger partial charge in [-0.15, -0.1) is 0 Å². The minimum absolute atomic E-state index is 0.0528. The molecule has 1 aliphatic carbocycles. The molecule has 0 unspecified atom stereocenters. The Morgan fingerprint density at radius 2 is 2.12 bits per heavy atom. The van der Waals surface area contributed by atoms with Crippen molar-refractivity contribution in [3.8, 4) is 11.5 Å². The number of ether oxygens (including phenoxy) is 2. The van der Waals surface area contributed by atoms with E-state index in [0.29, 0.717) is 12.2 Å². The lowest BCUT2D eigenvalue weighted by atomic mass is 10.1. The van der Waals surface area contributed by atoms with Gasteiger partial charge in [0.1, 0.15) is 0 Å². The summed E-state index contributed by atoms with van der Waals surface area (Å²) >= 11 is 0. The molecule has 0 saturated heterocycles. The average molecular weight is 329 g/mol. The molecule has 1 N–H and O–H groups in total. The minimum Gasteiger partial charge on any atom is -0.493 e. The van der Waals surface area contributed by atoms with Crippen molar-refractivity contribution in [1.82, 2.24) is 15.1 Å². The van der Waals surface area contributed by atoms with Gasteiger partial charge in [0.15, 0.2) is 11.5 Å². The van der Waals surface area contributed by atoms with Crippen molar-refractivity contribution in [1.29, 1.82) is 0 Å². The Bertz CT molecular complexity index is 698. The number of nitrogens with zero attached hydrogens (tertiary/aromatic N) is 2. The molecule has 1 heterocycles. The lowest BCUT2D eigenvalue weighted by molar-refractivity contribution is -0.122. The molecule has 1 aromatic carbocycles. The molecule has 0 aliphatic heterocycles. The first kappa shape index (κ1) is 16.4. The normalized spacial score (nSPS) is 15.8. The Labute approximate surface area is 141 Å². The van der Waals surface area contributed by atoms with E-state index in [0.717, 1.165) is 37.1 Å². The molecule has 6 nitrogen and oxygen atoms in total. The summed E-state index contributed by atoms with van der Waals surface area (Å²) in [6.45, 7) is 0.757. The summed E-state index contributed by atoms with van der Waals surface area (Å²) in [7, 11) is 3.26. The Kier molecular flexibility index (Phi) is 5.03. The van der Waals surface area contributed by atoms with E-state index in [1.54, 1.807) is 20.4 Å². The molecule has 0 bridgehead atoms. The molecule has 1 aromatic heterocycles. The van der Waals surface area contributed by atoms with E-state index in [1.165, 1.54) is 5.56 Å². The van der Waals surface area contributed by atoms with Crippen molar-refractivity contribution in [2.24, 2.45) is 0 Å². The van der Waals surface area contributed by atoms with Gasteiger partial charge in [0.25, 0.3) is 0 Å². The monoisotopic (exact) mass is 329 g/mol. The number of hydrogen-bond donors (Lipinski definition) is 1. The van der Waals surface area contributed by atoms with Crippen LogP contribution >= 0.6 is 0 Å². The number of rotatable bonds is 7. The van der Waals surface area contributed by atoms with Crippen molar-refractivity contribution in [2.75, 3.05) is 14.2 Å². The maximum atomic E-state index is 12.2. The first-order chi connectivity index (χ1) is 11.7. The van der Waals surface area contributed by atoms with E-state index in [4.69, 9.17) is 9.47 Å². The number of hydrogen-bond acceptors (Lipinski definition) is 4. The van der Waals surface area contributed by atoms with Gasteiger partial charge in [-0.05, 0) is 48.6 Å². The third kappa shape index (κ3) is 3.53. The van der Waals surface area contributed by atoms with Gasteiger partial charge in [0.05, 0.1) is 20.3 Å². The van der Waals surface area contributed by atoms with Crippen LogP contribution in [-0.4, -0.2) is 29.9 Å². The smallest absolute Gasteiger partial charge is 0.220 e. The predicted molar refractivity (Wildman–Crippen MR) is 90.2 cm³/mol. The summed E-state index contributed by atoms with van der Waals surface area (Å²) in [6, 6.07) is 5.93. The molecule has 6 heteroatoms. The number of benzene rings is 1. The van der Waals surface area contributed by atoms with Crippen LogP contribution in [0.3, 0.4) is 0 Å². The van der Waals surface area contributed by atoms with Crippen molar-refractivity contribution in [3.05, 3.63) is 41.7 Å². The highest BCUT2D eigenvalue weighted by atomic mass is 16.5. The second kappa shape index (κ2) is 7.38. The lowest BCUT2D eigenvalue weighted by Gasteiger charge is -2.16. The molecule has 0 spiro atoms. The first-order valence-corrected chi connectivity index (χ1v) is 8.23. The zero-order chi connectivity index (χ0) is 16.9. The number of aryl methyl sites for hydroxylation is 2. The van der Waals surface area contributed by atoms with Crippen LogP contribution in [-0.2, 0) is 17.8 Å². The van der Waals surface area contributed by atoms with Crippen LogP contribution in [0.1, 0.15) is 36.4 Å². The Morgan fingerprint density at radius 3 is 2.83 bits per heavy atom. The molecule has 1 atom stereocenters. The van der Waals surface area contributed by atoms with Crippen LogP contribution in [0.2, 0.25) is 0 Å². The van der Waals surface area contributed by atoms with Gasteiger partial charge in [-0.1, -0.05) is 0 Å². The summed E-state index contributed by atoms with van der Waals surface area (Å²) in [6.07, 6.45) is 6.78. The molecule has 24 heavy (non-hydrogen) atoms. The van der Waals surface area contributed by atoms with Gasteiger partial charge in [-0.25, -0.2) is 0 Å². The number of nitrogens with one attached hydrogen (secondary N) is 1. The standard InChI is InChI=1S/C18H23N3O3/c1-23-16-11-13-6-7-15(14(13)12-17(16)24-2)20-18(22)5-3-9-21-10-4-8-19-21/h4,8,10-12,15H,3,5-7,9H2,1-2H3,(H,20,22)/t15-/m0/s1. The van der Waals surface area contributed by atoms with Crippen LogP contribution in [0.4, 0.5) is 0 Å². The van der Waals surface area contributed by atoms with Crippen LogP contribution in [0.5, 0.6) is 11.5 Å². The number of carbonyl (C=O) groups is 1. The van der Waals surface area contributed by atoms with Crippen LogP contribution in [0.15, 0.2) is 30.6 Å². The Hall–Kier alpha value is -2.50. The van der Waals surface area contributed by atoms with E-state index in [-0.39, 0.29) is 11.9 Å². The van der Waals surface area contributed by atoms with Crippen LogP contribution in [0, 0.1) is 0 Å². The van der Waals surface area contributed by atoms with Crippen molar-refractivity contribution in [3.63, 3.8) is 0 Å². The van der Waals surface area contributed by atoms with E-state index in [2.05, 4.69) is 10.4 Å². The van der Waals surface area contributed by atoms with Gasteiger partial charge in [0.2, 0.25) is 5.91 Å². The number of aromatic nitrogens is 2. The zero-order valence-electron chi connectivity index (χ0n) is 14.1. The van der Waals surface area contributed by atoms with Gasteiger partial charge in [-0.2, -0.15) is 5.10 Å². The fourth-order valence-corrected chi connectivity index (χ4v) is 3.18. The van der Waals surface area contributed by atoms with Crippen molar-refractivity contribution >= 4 is 5.91 Å². The van der Waals surface area contributed by atoms with E-state index in [9.17, 15) is 4.79 Å². The summed E-state index contributed by atoms with van der Waals surface area (Å²) < 4.78 is 12.6. The largest absolute Gasteiger partial charge is 0.493 e. The van der Waals surface area contributed by atoms with Crippen LogP contribution < -0.4 is 14.8 Å². The van der Waals surface area contributed by atoms with E-state index in [1.807, 2.05) is 29.1 Å². The molecular weight excluding hydrogens is 306 g/mol. The molecular formula is C18H23N3O3. The van der Waals surface area contributed by atoms with Gasteiger partial charge in [0, 0.05) is 25.4 Å². The molecule has 1 aliphatic rings. The number of carbonyl (C=O) groups excluding carboxylic acids is 1. The fraction of sp³-hybridized carbons (Fsp3) is 0.444. The topological polar surface area (TPSA) is 65.4 Å². The lowest BCUT2D eigenvalue weighted by Crippen LogP contribution is -2.27. The van der Waals surface area contributed by atoms with Gasteiger partial charge >= 0.3 is 0 Å². The molecule has 2 aromatic rings. The minimum atomic E-state index is 0.0528. The quantitative estimate of drug-likeness (QED) is 0.847. The summed E-state index contributed by atoms with van der Waals surface area (Å²) in [5, 5.41) is 7.28. The molecule has 128 valence electrons. The molecule has 1 amide bonds. The SMILES string of the molecule is COc1cc2c(cc1OC)[C@@H](NC(=O)CCCn1cccn1)CC2. The molecule has 0 saturated carbocycles. The van der Waals surface area contributed by atoms with E-state index < -0.39 is 0 Å². The second-order valence-electron chi connectivity index (χ2n) is 5.94. The summed E-state index contributed by atoms with van der Waals surface area (Å²) in [4.78, 5) is 12.2. The highest BCUT2D eigenvalue weighted by molar-refractivity contribution is 5.76. The van der Waals surface area contributed by atoms with Gasteiger partial charge in [-0.3, -0.25) is 9.48 Å².